The molecule has 1 saturated heterocycles. The minimum absolute atomic E-state index is 0.135. The molecule has 1 heterocycles. The van der Waals surface area contributed by atoms with E-state index < -0.39 is 0 Å². The van der Waals surface area contributed by atoms with Crippen LogP contribution in [-0.4, -0.2) is 45.2 Å². The van der Waals surface area contributed by atoms with Crippen molar-refractivity contribution in [1.29, 1.82) is 0 Å². The molecule has 0 aromatic heterocycles. The highest BCUT2D eigenvalue weighted by Crippen LogP contribution is 2.04. The summed E-state index contributed by atoms with van der Waals surface area (Å²) < 4.78 is 14.9. The van der Waals surface area contributed by atoms with E-state index in [9.17, 15) is 4.79 Å². The Hall–Kier alpha value is -0.650. The summed E-state index contributed by atoms with van der Waals surface area (Å²) in [5, 5.41) is 3.05. The van der Waals surface area contributed by atoms with Crippen LogP contribution in [0.25, 0.3) is 0 Å². The van der Waals surface area contributed by atoms with Crippen molar-refractivity contribution in [3.8, 4) is 0 Å². The number of rotatable bonds is 4. The molecule has 0 saturated carbocycles. The third-order valence-corrected chi connectivity index (χ3v) is 2.18. The van der Waals surface area contributed by atoms with E-state index in [0.29, 0.717) is 13.3 Å². The van der Waals surface area contributed by atoms with Gasteiger partial charge in [0.1, 0.15) is 12.8 Å². The molecule has 1 fully saturated rings. The van der Waals surface area contributed by atoms with Crippen LogP contribution in [0.2, 0.25) is 0 Å². The fourth-order valence-electron chi connectivity index (χ4n) is 1.23. The minimum Gasteiger partial charge on any atom is -0.468 e. The van der Waals surface area contributed by atoms with Gasteiger partial charge in [-0.25, -0.2) is 0 Å². The van der Waals surface area contributed by atoms with Crippen molar-refractivity contribution in [2.45, 2.75) is 25.5 Å². The molecule has 1 aliphatic heterocycles. The highest BCUT2D eigenvalue weighted by molar-refractivity contribution is 5.75. The second-order valence-corrected chi connectivity index (χ2v) is 3.26. The van der Waals surface area contributed by atoms with Gasteiger partial charge in [-0.05, 0) is 13.3 Å². The van der Waals surface area contributed by atoms with E-state index >= 15 is 0 Å². The van der Waals surface area contributed by atoms with Crippen LogP contribution in [0, 0.1) is 0 Å². The van der Waals surface area contributed by atoms with Gasteiger partial charge in [0.25, 0.3) is 0 Å². The lowest BCUT2D eigenvalue weighted by molar-refractivity contribution is -0.145. The summed E-state index contributed by atoms with van der Waals surface area (Å²) in [6.45, 7) is 3.49. The Balaban J connectivity index is 2.15. The molecule has 0 spiro atoms. The molecule has 5 heteroatoms. The molecular weight excluding hydrogens is 186 g/mol. The van der Waals surface area contributed by atoms with Crippen molar-refractivity contribution in [2.24, 2.45) is 0 Å². The molecule has 0 radical (unpaired) electrons. The number of hydrogen-bond donors (Lipinski definition) is 1. The molecule has 0 aromatic rings. The summed E-state index contributed by atoms with van der Waals surface area (Å²) in [6.07, 6.45) is 0.997. The topological polar surface area (TPSA) is 56.8 Å². The predicted octanol–water partition coefficient (Wildman–Crippen LogP) is -0.0995. The molecule has 5 nitrogen and oxygen atoms in total. The Bertz CT molecular complexity index is 180. The van der Waals surface area contributed by atoms with Crippen LogP contribution in [0.4, 0.5) is 0 Å². The first kappa shape index (κ1) is 11.4. The maximum Gasteiger partial charge on any atom is 0.322 e. The lowest BCUT2D eigenvalue weighted by atomic mass is 10.2. The summed E-state index contributed by atoms with van der Waals surface area (Å²) in [5.74, 6) is -0.253. The summed E-state index contributed by atoms with van der Waals surface area (Å²) in [4.78, 5) is 11.0. The van der Waals surface area contributed by atoms with Crippen molar-refractivity contribution in [2.75, 3.05) is 27.1 Å². The zero-order chi connectivity index (χ0) is 10.4. The summed E-state index contributed by atoms with van der Waals surface area (Å²) in [6, 6.07) is -0.286. The third kappa shape index (κ3) is 3.61. The normalized spacial score (nSPS) is 24.3. The van der Waals surface area contributed by atoms with Crippen LogP contribution in [0.3, 0.4) is 0 Å². The van der Waals surface area contributed by atoms with E-state index in [1.165, 1.54) is 7.11 Å². The second-order valence-electron chi connectivity index (χ2n) is 3.26. The largest absolute Gasteiger partial charge is 0.468 e. The molecule has 1 aliphatic rings. The maximum absolute atomic E-state index is 11.0. The van der Waals surface area contributed by atoms with Gasteiger partial charge in [-0.3, -0.25) is 4.79 Å². The van der Waals surface area contributed by atoms with E-state index in [2.05, 4.69) is 10.1 Å². The number of methoxy groups -OCH3 is 1. The van der Waals surface area contributed by atoms with Gasteiger partial charge >= 0.3 is 5.97 Å². The Morgan fingerprint density at radius 3 is 3.07 bits per heavy atom. The number of ether oxygens (including phenoxy) is 3. The minimum atomic E-state index is -0.286. The Morgan fingerprint density at radius 2 is 2.50 bits per heavy atom. The third-order valence-electron chi connectivity index (χ3n) is 2.18. The van der Waals surface area contributed by atoms with Crippen molar-refractivity contribution in [1.82, 2.24) is 5.32 Å². The van der Waals surface area contributed by atoms with Gasteiger partial charge in [0.05, 0.1) is 19.8 Å². The molecule has 82 valence electrons. The standard InChI is InChI=1S/C9H17NO4/c1-7(9(11)12-2)10-5-8-3-4-13-6-14-8/h7-8,10H,3-6H2,1-2H3. The van der Waals surface area contributed by atoms with Gasteiger partial charge in [0.15, 0.2) is 0 Å². The second kappa shape index (κ2) is 5.95. The Labute approximate surface area is 83.7 Å². The monoisotopic (exact) mass is 203 g/mol. The lowest BCUT2D eigenvalue weighted by Crippen LogP contribution is -2.41. The molecular formula is C9H17NO4. The number of hydrogen-bond acceptors (Lipinski definition) is 5. The lowest BCUT2D eigenvalue weighted by Gasteiger charge is -2.24. The number of nitrogens with one attached hydrogen (secondary N) is 1. The molecule has 0 bridgehead atoms. The maximum atomic E-state index is 11.0. The molecule has 14 heavy (non-hydrogen) atoms. The van der Waals surface area contributed by atoms with Gasteiger partial charge in [-0.2, -0.15) is 0 Å². The molecule has 2 unspecified atom stereocenters. The highest BCUT2D eigenvalue weighted by Gasteiger charge is 2.17. The van der Waals surface area contributed by atoms with Crippen LogP contribution < -0.4 is 5.32 Å². The van der Waals surface area contributed by atoms with Crippen molar-refractivity contribution in [3.63, 3.8) is 0 Å². The van der Waals surface area contributed by atoms with Crippen LogP contribution in [0.5, 0.6) is 0 Å². The first-order valence-corrected chi connectivity index (χ1v) is 4.74. The van der Waals surface area contributed by atoms with E-state index in [1.54, 1.807) is 6.92 Å². The zero-order valence-corrected chi connectivity index (χ0v) is 8.62. The van der Waals surface area contributed by atoms with Crippen molar-refractivity contribution in [3.05, 3.63) is 0 Å². The highest BCUT2D eigenvalue weighted by atomic mass is 16.7. The van der Waals surface area contributed by atoms with Gasteiger partial charge in [0, 0.05) is 6.54 Å². The Morgan fingerprint density at radius 1 is 1.71 bits per heavy atom. The fourth-order valence-corrected chi connectivity index (χ4v) is 1.23. The van der Waals surface area contributed by atoms with Gasteiger partial charge in [0.2, 0.25) is 0 Å². The fraction of sp³-hybridized carbons (Fsp3) is 0.889. The molecule has 0 aromatic carbocycles. The van der Waals surface area contributed by atoms with Crippen LogP contribution in [0.1, 0.15) is 13.3 Å². The number of esters is 1. The number of carbonyl (C=O) groups is 1. The van der Waals surface area contributed by atoms with Crippen LogP contribution in [-0.2, 0) is 19.0 Å². The van der Waals surface area contributed by atoms with Gasteiger partial charge < -0.3 is 19.5 Å². The summed E-state index contributed by atoms with van der Waals surface area (Å²) >= 11 is 0. The predicted molar refractivity (Wildman–Crippen MR) is 49.8 cm³/mol. The van der Waals surface area contributed by atoms with Crippen LogP contribution in [0.15, 0.2) is 0 Å². The van der Waals surface area contributed by atoms with Gasteiger partial charge in [-0.1, -0.05) is 0 Å². The average molecular weight is 203 g/mol. The van der Waals surface area contributed by atoms with E-state index in [-0.39, 0.29) is 18.1 Å². The molecule has 1 rings (SSSR count). The zero-order valence-electron chi connectivity index (χ0n) is 8.62. The van der Waals surface area contributed by atoms with Gasteiger partial charge in [-0.15, -0.1) is 0 Å². The van der Waals surface area contributed by atoms with E-state index in [0.717, 1.165) is 13.0 Å². The Kier molecular flexibility index (Phi) is 4.86. The average Bonchev–Trinajstić information content (AvgIpc) is 2.26. The molecule has 0 amide bonds. The first-order chi connectivity index (χ1) is 6.74. The van der Waals surface area contributed by atoms with E-state index in [1.807, 2.05) is 0 Å². The van der Waals surface area contributed by atoms with Crippen LogP contribution >= 0.6 is 0 Å². The molecule has 1 N–H and O–H groups in total. The van der Waals surface area contributed by atoms with E-state index in [4.69, 9.17) is 9.47 Å². The smallest absolute Gasteiger partial charge is 0.322 e. The van der Waals surface area contributed by atoms with Crippen molar-refractivity contribution < 1.29 is 19.0 Å². The number of carbonyl (C=O) groups excluding carboxylic acids is 1. The quantitative estimate of drug-likeness (QED) is 0.647. The molecule has 0 aliphatic carbocycles. The summed E-state index contributed by atoms with van der Waals surface area (Å²) in [7, 11) is 1.38. The first-order valence-electron chi connectivity index (χ1n) is 4.74. The summed E-state index contributed by atoms with van der Waals surface area (Å²) in [5.41, 5.74) is 0. The SMILES string of the molecule is COC(=O)C(C)NCC1CCOCO1. The van der Waals surface area contributed by atoms with Crippen molar-refractivity contribution >= 4 is 5.97 Å². The molecule has 2 atom stereocenters.